The van der Waals surface area contributed by atoms with Gasteiger partial charge in [-0.2, -0.15) is 0 Å². The maximum Gasteiger partial charge on any atom is 0.223 e. The maximum absolute atomic E-state index is 12.7. The van der Waals surface area contributed by atoms with Crippen molar-refractivity contribution >= 4 is 11.8 Å². The summed E-state index contributed by atoms with van der Waals surface area (Å²) < 4.78 is 0. The Kier molecular flexibility index (Phi) is 5.60. The monoisotopic (exact) mass is 320 g/mol. The number of amides is 2. The van der Waals surface area contributed by atoms with Crippen LogP contribution in [-0.4, -0.2) is 47.3 Å². The number of carbonyl (C=O) groups excluding carboxylic acids is 2. The third kappa shape index (κ3) is 4.07. The highest BCUT2D eigenvalue weighted by Crippen LogP contribution is 2.35. The molecule has 2 amide bonds. The molecule has 2 saturated heterocycles. The van der Waals surface area contributed by atoms with Gasteiger partial charge in [0.15, 0.2) is 0 Å². The van der Waals surface area contributed by atoms with Gasteiger partial charge in [-0.1, -0.05) is 19.8 Å². The zero-order valence-electron chi connectivity index (χ0n) is 14.6. The minimum Gasteiger partial charge on any atom is -0.342 e. The molecule has 3 rings (SSSR count). The number of fused-ring (bicyclic) bond motifs is 1. The van der Waals surface area contributed by atoms with Gasteiger partial charge in [0.05, 0.1) is 0 Å². The summed E-state index contributed by atoms with van der Waals surface area (Å²) in [6.07, 6.45) is 10.6. The standard InChI is InChI=1S/C19H32N2O2/c1-15-6-4-12-20(14-15)18(22)10-11-19(23)21-13-5-8-16-7-2-3-9-17(16)21/h15-17H,2-14H2,1H3. The second-order valence-corrected chi connectivity index (χ2v) is 7.93. The van der Waals surface area contributed by atoms with Crippen molar-refractivity contribution in [2.75, 3.05) is 19.6 Å². The summed E-state index contributed by atoms with van der Waals surface area (Å²) in [5, 5.41) is 0. The molecule has 4 heteroatoms. The Labute approximate surface area is 140 Å². The summed E-state index contributed by atoms with van der Waals surface area (Å²) in [5.41, 5.74) is 0. The Bertz CT molecular complexity index is 435. The van der Waals surface area contributed by atoms with Crippen LogP contribution in [0.5, 0.6) is 0 Å². The third-order valence-corrected chi connectivity index (χ3v) is 6.13. The zero-order chi connectivity index (χ0) is 16.2. The van der Waals surface area contributed by atoms with E-state index in [0.717, 1.165) is 38.4 Å². The van der Waals surface area contributed by atoms with Crippen LogP contribution in [0.3, 0.4) is 0 Å². The van der Waals surface area contributed by atoms with Crippen molar-refractivity contribution < 1.29 is 9.59 Å². The summed E-state index contributed by atoms with van der Waals surface area (Å²) in [7, 11) is 0. The summed E-state index contributed by atoms with van der Waals surface area (Å²) in [5.74, 6) is 1.73. The minimum absolute atomic E-state index is 0.183. The van der Waals surface area contributed by atoms with Crippen molar-refractivity contribution in [3.05, 3.63) is 0 Å². The van der Waals surface area contributed by atoms with Gasteiger partial charge < -0.3 is 9.80 Å². The molecule has 3 unspecified atom stereocenters. The van der Waals surface area contributed by atoms with Crippen LogP contribution >= 0.6 is 0 Å². The van der Waals surface area contributed by atoms with Crippen LogP contribution < -0.4 is 0 Å². The van der Waals surface area contributed by atoms with Gasteiger partial charge >= 0.3 is 0 Å². The Balaban J connectivity index is 1.49. The quantitative estimate of drug-likeness (QED) is 0.801. The SMILES string of the molecule is CC1CCCN(C(=O)CCC(=O)N2CCCC3CCCCC32)C1. The lowest BCUT2D eigenvalue weighted by molar-refractivity contribution is -0.141. The van der Waals surface area contributed by atoms with E-state index in [1.54, 1.807) is 0 Å². The average Bonchev–Trinajstić information content (AvgIpc) is 2.59. The number of carbonyl (C=O) groups is 2. The lowest BCUT2D eigenvalue weighted by Gasteiger charge is -2.44. The van der Waals surface area contributed by atoms with E-state index in [-0.39, 0.29) is 11.8 Å². The normalized spacial score (nSPS) is 31.6. The molecule has 0 spiro atoms. The van der Waals surface area contributed by atoms with Gasteiger partial charge in [-0.25, -0.2) is 0 Å². The molecule has 0 aromatic carbocycles. The molecule has 23 heavy (non-hydrogen) atoms. The average molecular weight is 320 g/mol. The van der Waals surface area contributed by atoms with Crippen LogP contribution in [0.15, 0.2) is 0 Å². The molecule has 1 aliphatic carbocycles. The van der Waals surface area contributed by atoms with Crippen molar-refractivity contribution in [1.29, 1.82) is 0 Å². The first-order valence-corrected chi connectivity index (χ1v) is 9.72. The second kappa shape index (κ2) is 7.67. The van der Waals surface area contributed by atoms with Crippen molar-refractivity contribution in [2.24, 2.45) is 11.8 Å². The van der Waals surface area contributed by atoms with Gasteiger partial charge in [0.1, 0.15) is 0 Å². The van der Waals surface area contributed by atoms with Crippen LogP contribution in [0.25, 0.3) is 0 Å². The number of piperidine rings is 2. The fraction of sp³-hybridized carbons (Fsp3) is 0.895. The molecule has 3 fully saturated rings. The van der Waals surface area contributed by atoms with Gasteiger partial charge in [-0.15, -0.1) is 0 Å². The summed E-state index contributed by atoms with van der Waals surface area (Å²) in [4.78, 5) is 29.1. The highest BCUT2D eigenvalue weighted by atomic mass is 16.2. The number of hydrogen-bond donors (Lipinski definition) is 0. The number of hydrogen-bond acceptors (Lipinski definition) is 2. The zero-order valence-corrected chi connectivity index (χ0v) is 14.6. The van der Waals surface area contributed by atoms with E-state index in [1.165, 1.54) is 38.5 Å². The van der Waals surface area contributed by atoms with Crippen molar-refractivity contribution in [2.45, 2.75) is 77.2 Å². The highest BCUT2D eigenvalue weighted by Gasteiger charge is 2.35. The predicted octanol–water partition coefficient (Wildman–Crippen LogP) is 3.21. The molecule has 2 aliphatic heterocycles. The first kappa shape index (κ1) is 16.8. The van der Waals surface area contributed by atoms with Crippen LogP contribution in [0.2, 0.25) is 0 Å². The number of rotatable bonds is 3. The summed E-state index contributed by atoms with van der Waals surface area (Å²) >= 11 is 0. The Hall–Kier alpha value is -1.06. The molecule has 0 aromatic rings. The van der Waals surface area contributed by atoms with Crippen molar-refractivity contribution in [1.82, 2.24) is 9.80 Å². The van der Waals surface area contributed by atoms with Gasteiger partial charge in [0, 0.05) is 38.5 Å². The third-order valence-electron chi connectivity index (χ3n) is 6.13. The molecule has 4 nitrogen and oxygen atoms in total. The summed E-state index contributed by atoms with van der Waals surface area (Å²) in [6.45, 7) is 4.88. The fourth-order valence-electron chi connectivity index (χ4n) is 4.87. The Morgan fingerprint density at radius 2 is 1.57 bits per heavy atom. The first-order valence-electron chi connectivity index (χ1n) is 9.72. The van der Waals surface area contributed by atoms with Crippen LogP contribution in [0.4, 0.5) is 0 Å². The molecular formula is C19H32N2O2. The highest BCUT2D eigenvalue weighted by molar-refractivity contribution is 5.84. The molecule has 0 N–H and O–H groups in total. The Morgan fingerprint density at radius 1 is 0.870 bits per heavy atom. The van der Waals surface area contributed by atoms with Crippen LogP contribution in [0, 0.1) is 11.8 Å². The van der Waals surface area contributed by atoms with Crippen LogP contribution in [-0.2, 0) is 9.59 Å². The minimum atomic E-state index is 0.183. The van der Waals surface area contributed by atoms with E-state index in [1.807, 2.05) is 4.90 Å². The van der Waals surface area contributed by atoms with E-state index in [2.05, 4.69) is 11.8 Å². The molecule has 2 heterocycles. The smallest absolute Gasteiger partial charge is 0.223 e. The summed E-state index contributed by atoms with van der Waals surface area (Å²) in [6, 6.07) is 0.468. The molecule has 0 bridgehead atoms. The topological polar surface area (TPSA) is 40.6 Å². The van der Waals surface area contributed by atoms with E-state index < -0.39 is 0 Å². The van der Waals surface area contributed by atoms with E-state index in [9.17, 15) is 9.59 Å². The van der Waals surface area contributed by atoms with Crippen molar-refractivity contribution in [3.63, 3.8) is 0 Å². The Morgan fingerprint density at radius 3 is 2.39 bits per heavy atom. The molecule has 130 valence electrons. The van der Waals surface area contributed by atoms with Gasteiger partial charge in [0.25, 0.3) is 0 Å². The largest absolute Gasteiger partial charge is 0.342 e. The lowest BCUT2D eigenvalue weighted by Crippen LogP contribution is -2.49. The predicted molar refractivity (Wildman–Crippen MR) is 90.9 cm³/mol. The molecule has 0 radical (unpaired) electrons. The van der Waals surface area contributed by atoms with Gasteiger partial charge in [-0.3, -0.25) is 9.59 Å². The van der Waals surface area contributed by atoms with Gasteiger partial charge in [0.2, 0.25) is 11.8 Å². The second-order valence-electron chi connectivity index (χ2n) is 7.93. The fourth-order valence-corrected chi connectivity index (χ4v) is 4.87. The van der Waals surface area contributed by atoms with E-state index in [0.29, 0.717) is 24.8 Å². The number of nitrogens with zero attached hydrogens (tertiary/aromatic N) is 2. The molecule has 1 saturated carbocycles. The molecule has 0 aromatic heterocycles. The van der Waals surface area contributed by atoms with E-state index >= 15 is 0 Å². The van der Waals surface area contributed by atoms with Crippen LogP contribution in [0.1, 0.15) is 71.1 Å². The van der Waals surface area contributed by atoms with E-state index in [4.69, 9.17) is 0 Å². The maximum atomic E-state index is 12.7. The first-order chi connectivity index (χ1) is 11.1. The van der Waals surface area contributed by atoms with Gasteiger partial charge in [-0.05, 0) is 50.4 Å². The lowest BCUT2D eigenvalue weighted by atomic mass is 9.78. The van der Waals surface area contributed by atoms with Crippen molar-refractivity contribution in [3.8, 4) is 0 Å². The molecular weight excluding hydrogens is 288 g/mol. The molecule has 3 atom stereocenters. The number of likely N-dealkylation sites (tertiary alicyclic amines) is 2. The molecule has 3 aliphatic rings.